The van der Waals surface area contributed by atoms with E-state index in [0.29, 0.717) is 29.7 Å². The third-order valence-electron chi connectivity index (χ3n) is 3.33. The van der Waals surface area contributed by atoms with Crippen LogP contribution >= 0.6 is 11.8 Å². The Bertz CT molecular complexity index is 712. The zero-order chi connectivity index (χ0) is 15.0. The monoisotopic (exact) mass is 309 g/mol. The summed E-state index contributed by atoms with van der Waals surface area (Å²) in [6.45, 7) is 0. The summed E-state index contributed by atoms with van der Waals surface area (Å²) in [5.74, 6) is -0.254. The van der Waals surface area contributed by atoms with Gasteiger partial charge in [-0.25, -0.2) is 0 Å². The van der Waals surface area contributed by atoms with Crippen molar-refractivity contribution in [1.29, 1.82) is 0 Å². The minimum absolute atomic E-state index is 0.0296. The molecule has 0 N–H and O–H groups in total. The number of fused-ring (bicyclic) bond motifs is 2. The molecule has 1 aromatic heterocycles. The number of aromatic nitrogens is 1. The van der Waals surface area contributed by atoms with Gasteiger partial charge in [-0.2, -0.15) is 13.2 Å². The van der Waals surface area contributed by atoms with Gasteiger partial charge in [0.25, 0.3) is 0 Å². The summed E-state index contributed by atoms with van der Waals surface area (Å²) in [5.41, 5.74) is -2.07. The fraction of sp³-hybridized carbons (Fsp3) is 0.200. The highest BCUT2D eigenvalue weighted by Gasteiger charge is 2.30. The molecule has 0 fully saturated rings. The van der Waals surface area contributed by atoms with Crippen LogP contribution in [0.4, 0.5) is 13.2 Å². The van der Waals surface area contributed by atoms with Crippen molar-refractivity contribution >= 4 is 17.5 Å². The van der Waals surface area contributed by atoms with E-state index < -0.39 is 5.51 Å². The molecule has 0 radical (unpaired) electrons. The predicted molar refractivity (Wildman–Crippen MR) is 73.4 cm³/mol. The third kappa shape index (κ3) is 2.95. The van der Waals surface area contributed by atoms with Crippen molar-refractivity contribution in [2.75, 3.05) is 0 Å². The van der Waals surface area contributed by atoms with Crippen molar-refractivity contribution in [1.82, 2.24) is 4.98 Å². The van der Waals surface area contributed by atoms with Crippen LogP contribution in [-0.4, -0.2) is 16.3 Å². The summed E-state index contributed by atoms with van der Waals surface area (Å²) < 4.78 is 37.4. The van der Waals surface area contributed by atoms with Crippen molar-refractivity contribution < 1.29 is 18.0 Å². The van der Waals surface area contributed by atoms with E-state index in [0.717, 1.165) is 5.56 Å². The molecular formula is C15H10F3NOS. The van der Waals surface area contributed by atoms with Crippen molar-refractivity contribution in [2.45, 2.75) is 23.2 Å². The van der Waals surface area contributed by atoms with Crippen molar-refractivity contribution in [2.24, 2.45) is 0 Å². The van der Waals surface area contributed by atoms with Gasteiger partial charge < -0.3 is 0 Å². The summed E-state index contributed by atoms with van der Waals surface area (Å²) in [6.07, 6.45) is 2.83. The Morgan fingerprint density at radius 1 is 1.10 bits per heavy atom. The lowest BCUT2D eigenvalue weighted by molar-refractivity contribution is -0.0328. The quantitative estimate of drug-likeness (QED) is 0.745. The summed E-state index contributed by atoms with van der Waals surface area (Å²) in [7, 11) is 0. The van der Waals surface area contributed by atoms with Crippen LogP contribution in [0.3, 0.4) is 0 Å². The molecule has 0 atom stereocenters. The number of hydrogen-bond donors (Lipinski definition) is 0. The lowest BCUT2D eigenvalue weighted by Crippen LogP contribution is -2.06. The number of aryl methyl sites for hydroxylation is 2. The van der Waals surface area contributed by atoms with E-state index in [9.17, 15) is 18.0 Å². The summed E-state index contributed by atoms with van der Waals surface area (Å²) in [4.78, 5) is 16.7. The molecule has 6 heteroatoms. The van der Waals surface area contributed by atoms with Crippen LogP contribution in [0.2, 0.25) is 0 Å². The van der Waals surface area contributed by atoms with Gasteiger partial charge in [0.2, 0.25) is 0 Å². The van der Waals surface area contributed by atoms with E-state index in [-0.39, 0.29) is 22.4 Å². The molecule has 1 heterocycles. The molecule has 0 amide bonds. The standard InChI is InChI=1S/C15H10F3NOS/c16-15(17,18)21-10-5-3-9-4-6-13-11(2-1-7-19-13)14(20)12(9)8-10/h1-3,5,7-8H,4,6H2. The number of hydrogen-bond acceptors (Lipinski definition) is 3. The molecule has 108 valence electrons. The molecule has 1 aromatic carbocycles. The Morgan fingerprint density at radius 2 is 1.90 bits per heavy atom. The number of carbonyl (C=O) groups excluding carboxylic acids is 1. The molecule has 1 aliphatic carbocycles. The minimum Gasteiger partial charge on any atom is -0.289 e. The molecule has 1 aliphatic rings. The van der Waals surface area contributed by atoms with Crippen molar-refractivity contribution in [3.8, 4) is 0 Å². The minimum atomic E-state index is -4.36. The summed E-state index contributed by atoms with van der Waals surface area (Å²) in [6, 6.07) is 7.68. The number of benzene rings is 1. The molecule has 21 heavy (non-hydrogen) atoms. The first kappa shape index (κ1) is 14.1. The number of rotatable bonds is 1. The number of nitrogens with zero attached hydrogens (tertiary/aromatic N) is 1. The molecule has 0 saturated carbocycles. The number of alkyl halides is 3. The number of halogens is 3. The fourth-order valence-corrected chi connectivity index (χ4v) is 3.00. The van der Waals surface area contributed by atoms with E-state index in [1.807, 2.05) is 0 Å². The van der Waals surface area contributed by atoms with E-state index >= 15 is 0 Å². The van der Waals surface area contributed by atoms with Crippen LogP contribution in [0.1, 0.15) is 27.2 Å². The zero-order valence-corrected chi connectivity index (χ0v) is 11.6. The summed E-state index contributed by atoms with van der Waals surface area (Å²) >= 11 is -0.204. The third-order valence-corrected chi connectivity index (χ3v) is 4.05. The van der Waals surface area contributed by atoms with Crippen LogP contribution in [0.25, 0.3) is 0 Å². The lowest BCUT2D eigenvalue weighted by Gasteiger charge is -2.09. The molecule has 2 nitrogen and oxygen atoms in total. The smallest absolute Gasteiger partial charge is 0.289 e. The topological polar surface area (TPSA) is 30.0 Å². The second-order valence-corrected chi connectivity index (χ2v) is 5.83. The molecule has 0 unspecified atom stereocenters. The second-order valence-electron chi connectivity index (χ2n) is 4.69. The Morgan fingerprint density at radius 3 is 2.67 bits per heavy atom. The number of ketones is 1. The van der Waals surface area contributed by atoms with Crippen LogP contribution in [0.15, 0.2) is 41.4 Å². The Kier molecular flexibility index (Phi) is 3.49. The van der Waals surface area contributed by atoms with Crippen molar-refractivity contribution in [3.05, 3.63) is 58.9 Å². The highest BCUT2D eigenvalue weighted by Crippen LogP contribution is 2.38. The fourth-order valence-electron chi connectivity index (χ4n) is 2.42. The maximum Gasteiger partial charge on any atom is 0.446 e. The van der Waals surface area contributed by atoms with E-state index in [4.69, 9.17) is 0 Å². The van der Waals surface area contributed by atoms with Crippen LogP contribution < -0.4 is 0 Å². The molecule has 2 aromatic rings. The first-order valence-corrected chi connectivity index (χ1v) is 7.13. The number of carbonyl (C=O) groups is 1. The van der Waals surface area contributed by atoms with Gasteiger partial charge in [0.1, 0.15) is 0 Å². The second kappa shape index (κ2) is 5.18. The van der Waals surface area contributed by atoms with E-state index in [1.54, 1.807) is 24.4 Å². The van der Waals surface area contributed by atoms with Gasteiger partial charge in [-0.05, 0) is 54.4 Å². The van der Waals surface area contributed by atoms with Gasteiger partial charge in [-0.15, -0.1) is 0 Å². The van der Waals surface area contributed by atoms with E-state index in [2.05, 4.69) is 4.98 Å². The molecule has 0 spiro atoms. The van der Waals surface area contributed by atoms with Gasteiger partial charge in [0.15, 0.2) is 5.78 Å². The Balaban J connectivity index is 2.05. The molecule has 0 bridgehead atoms. The predicted octanol–water partition coefficient (Wildman–Crippen LogP) is 4.02. The first-order valence-electron chi connectivity index (χ1n) is 6.31. The van der Waals surface area contributed by atoms with Gasteiger partial charge in [-0.1, -0.05) is 6.07 Å². The van der Waals surface area contributed by atoms with Gasteiger partial charge in [0.05, 0.1) is 5.69 Å². The van der Waals surface area contributed by atoms with Crippen LogP contribution in [0.5, 0.6) is 0 Å². The highest BCUT2D eigenvalue weighted by atomic mass is 32.2. The molecular weight excluding hydrogens is 299 g/mol. The van der Waals surface area contributed by atoms with Crippen LogP contribution in [0, 0.1) is 0 Å². The maximum absolute atomic E-state index is 12.5. The zero-order valence-electron chi connectivity index (χ0n) is 10.8. The lowest BCUT2D eigenvalue weighted by atomic mass is 10.0. The first-order chi connectivity index (χ1) is 9.94. The van der Waals surface area contributed by atoms with Crippen LogP contribution in [-0.2, 0) is 12.8 Å². The normalized spacial score (nSPS) is 14.3. The Hall–Kier alpha value is -1.82. The molecule has 0 saturated heterocycles. The number of pyridine rings is 1. The maximum atomic E-state index is 12.5. The van der Waals surface area contributed by atoms with Crippen molar-refractivity contribution in [3.63, 3.8) is 0 Å². The summed E-state index contributed by atoms with van der Waals surface area (Å²) in [5, 5.41) is 0. The van der Waals surface area contributed by atoms with Gasteiger partial charge >= 0.3 is 5.51 Å². The average molecular weight is 309 g/mol. The Labute approximate surface area is 123 Å². The highest BCUT2D eigenvalue weighted by molar-refractivity contribution is 8.00. The SMILES string of the molecule is O=C1c2cc(SC(F)(F)F)ccc2CCc2ncccc21. The average Bonchev–Trinajstić information content (AvgIpc) is 2.56. The van der Waals surface area contributed by atoms with E-state index in [1.165, 1.54) is 12.1 Å². The molecule has 3 rings (SSSR count). The molecule has 0 aliphatic heterocycles. The number of thioether (sulfide) groups is 1. The van der Waals surface area contributed by atoms with Gasteiger partial charge in [-0.3, -0.25) is 9.78 Å². The largest absolute Gasteiger partial charge is 0.446 e. The van der Waals surface area contributed by atoms with Gasteiger partial charge in [0, 0.05) is 22.2 Å².